The van der Waals surface area contributed by atoms with Crippen molar-refractivity contribution in [2.45, 2.75) is 55.9 Å². The number of unbranched alkanes of at least 4 members (excludes halogenated alkanes) is 1. The quantitative estimate of drug-likeness (QED) is 0.318. The predicted octanol–water partition coefficient (Wildman–Crippen LogP) is 5.11. The van der Waals surface area contributed by atoms with E-state index in [0.29, 0.717) is 30.0 Å². The third-order valence-corrected chi connectivity index (χ3v) is 8.41. The van der Waals surface area contributed by atoms with Crippen molar-refractivity contribution in [1.82, 2.24) is 14.5 Å². The summed E-state index contributed by atoms with van der Waals surface area (Å²) < 4.78 is 34.2. The lowest BCUT2D eigenvalue weighted by atomic mass is 10.0. The minimum Gasteiger partial charge on any atom is -0.496 e. The average molecular weight is 534 g/mol. The summed E-state index contributed by atoms with van der Waals surface area (Å²) in [5.74, 6) is 0.0849. The Morgan fingerprint density at radius 1 is 1.08 bits per heavy atom. The molecule has 9 heteroatoms. The van der Waals surface area contributed by atoms with Crippen LogP contribution in [0.4, 0.5) is 0 Å². The van der Waals surface area contributed by atoms with E-state index < -0.39 is 32.2 Å². The largest absolute Gasteiger partial charge is 0.496 e. The van der Waals surface area contributed by atoms with Crippen molar-refractivity contribution in [2.24, 2.45) is 0 Å². The highest BCUT2D eigenvalue weighted by atomic mass is 32.2. The zero-order valence-electron chi connectivity index (χ0n) is 21.9. The molecule has 38 heavy (non-hydrogen) atoms. The van der Waals surface area contributed by atoms with E-state index in [1.807, 2.05) is 38.1 Å². The van der Waals surface area contributed by atoms with Gasteiger partial charge in [0, 0.05) is 24.4 Å². The number of pyridine rings is 1. The molecule has 0 radical (unpaired) electrons. The maximum absolute atomic E-state index is 13.9. The van der Waals surface area contributed by atoms with E-state index in [0.717, 1.165) is 23.1 Å². The summed E-state index contributed by atoms with van der Waals surface area (Å²) in [5, 5.41) is 10.8. The molecule has 2 aromatic carbocycles. The van der Waals surface area contributed by atoms with Gasteiger partial charge in [0.1, 0.15) is 11.6 Å². The van der Waals surface area contributed by atoms with E-state index >= 15 is 0 Å². The molecule has 2 aromatic heterocycles. The van der Waals surface area contributed by atoms with Crippen molar-refractivity contribution in [3.05, 3.63) is 94.3 Å². The summed E-state index contributed by atoms with van der Waals surface area (Å²) in [6.45, 7) is 5.71. The number of aryl methyl sites for hydroxylation is 2. The van der Waals surface area contributed by atoms with Gasteiger partial charge < -0.3 is 9.84 Å². The van der Waals surface area contributed by atoms with Crippen LogP contribution in [-0.4, -0.2) is 35.2 Å². The first-order valence-electron chi connectivity index (χ1n) is 12.4. The van der Waals surface area contributed by atoms with Crippen LogP contribution < -0.4 is 10.3 Å². The molecule has 4 rings (SSSR count). The molecule has 0 amide bonds. The van der Waals surface area contributed by atoms with Crippen LogP contribution in [0.2, 0.25) is 0 Å². The molecular formula is C29H31N3O5S. The molecule has 0 spiro atoms. The zero-order valence-corrected chi connectivity index (χ0v) is 22.7. The SMILES string of the molecule is CCCCc1nc(O)c(S(=O)(=O)c2ccc(-c3ccncc3C)cc2)c(=O)n1[C@@H](C)c1ccccc1OC. The Kier molecular flexibility index (Phi) is 7.97. The summed E-state index contributed by atoms with van der Waals surface area (Å²) in [4.78, 5) is 21.3. The van der Waals surface area contributed by atoms with Crippen LogP contribution >= 0.6 is 0 Å². The van der Waals surface area contributed by atoms with Crippen molar-refractivity contribution in [2.75, 3.05) is 7.11 Å². The van der Waals surface area contributed by atoms with Crippen molar-refractivity contribution >= 4 is 9.84 Å². The van der Waals surface area contributed by atoms with Crippen LogP contribution in [0.5, 0.6) is 11.6 Å². The molecule has 8 nitrogen and oxygen atoms in total. The van der Waals surface area contributed by atoms with Gasteiger partial charge in [0.15, 0.2) is 4.90 Å². The topological polar surface area (TPSA) is 111 Å². The van der Waals surface area contributed by atoms with Crippen LogP contribution in [0.25, 0.3) is 11.1 Å². The summed E-state index contributed by atoms with van der Waals surface area (Å²) in [5.41, 5.74) is 2.55. The molecule has 0 unspecified atom stereocenters. The molecule has 4 aromatic rings. The highest BCUT2D eigenvalue weighted by Crippen LogP contribution is 2.31. The lowest BCUT2D eigenvalue weighted by Crippen LogP contribution is -2.33. The van der Waals surface area contributed by atoms with E-state index in [2.05, 4.69) is 9.97 Å². The van der Waals surface area contributed by atoms with Crippen molar-refractivity contribution in [1.29, 1.82) is 0 Å². The lowest BCUT2D eigenvalue weighted by molar-refractivity contribution is 0.394. The van der Waals surface area contributed by atoms with Crippen LogP contribution in [-0.2, 0) is 16.3 Å². The minimum absolute atomic E-state index is 0.111. The Morgan fingerprint density at radius 3 is 2.45 bits per heavy atom. The molecule has 1 atom stereocenters. The van der Waals surface area contributed by atoms with Crippen LogP contribution in [0.3, 0.4) is 0 Å². The fourth-order valence-corrected chi connectivity index (χ4v) is 5.92. The summed E-state index contributed by atoms with van der Waals surface area (Å²) >= 11 is 0. The lowest BCUT2D eigenvalue weighted by Gasteiger charge is -2.22. The van der Waals surface area contributed by atoms with Crippen molar-refractivity contribution < 1.29 is 18.3 Å². The van der Waals surface area contributed by atoms with Gasteiger partial charge in [0.05, 0.1) is 18.0 Å². The second kappa shape index (κ2) is 11.2. The van der Waals surface area contributed by atoms with Crippen LogP contribution in [0.15, 0.2) is 81.6 Å². The van der Waals surface area contributed by atoms with E-state index in [4.69, 9.17) is 4.74 Å². The number of hydrogen-bond donors (Lipinski definition) is 1. The standard InChI is InChI=1S/C29H31N3O5S/c1-5-6-11-26-31-28(33)27(29(34)32(26)20(3)24-9-7-8-10-25(24)37-4)38(35,36)22-14-12-21(13-15-22)23-16-17-30-18-19(23)2/h7-10,12-18,20,33H,5-6,11H2,1-4H3/t20-/m0/s1. The first-order chi connectivity index (χ1) is 18.2. The maximum Gasteiger partial charge on any atom is 0.277 e. The van der Waals surface area contributed by atoms with Gasteiger partial charge in [-0.25, -0.2) is 8.42 Å². The molecule has 0 fully saturated rings. The predicted molar refractivity (Wildman–Crippen MR) is 145 cm³/mol. The van der Waals surface area contributed by atoms with Gasteiger partial charge in [-0.05, 0) is 61.2 Å². The molecule has 0 aliphatic rings. The highest BCUT2D eigenvalue weighted by molar-refractivity contribution is 7.91. The van der Waals surface area contributed by atoms with Gasteiger partial charge in [-0.2, -0.15) is 4.98 Å². The number of aromatic nitrogens is 3. The summed E-state index contributed by atoms with van der Waals surface area (Å²) in [6, 6.07) is 14.7. The number of benzene rings is 2. The Labute approximate surface area is 222 Å². The molecule has 0 aliphatic heterocycles. The van der Waals surface area contributed by atoms with E-state index in [1.165, 1.54) is 23.8 Å². The molecule has 0 bridgehead atoms. The molecular weight excluding hydrogens is 502 g/mol. The molecule has 0 saturated heterocycles. The van der Waals surface area contributed by atoms with E-state index in [-0.39, 0.29) is 4.90 Å². The van der Waals surface area contributed by atoms with Crippen molar-refractivity contribution in [3.8, 4) is 22.8 Å². The van der Waals surface area contributed by atoms with Gasteiger partial charge >= 0.3 is 0 Å². The smallest absolute Gasteiger partial charge is 0.277 e. The van der Waals surface area contributed by atoms with Gasteiger partial charge in [0.2, 0.25) is 15.7 Å². The second-order valence-electron chi connectivity index (χ2n) is 9.10. The average Bonchev–Trinajstić information content (AvgIpc) is 2.91. The minimum atomic E-state index is -4.39. The third-order valence-electron chi connectivity index (χ3n) is 6.62. The normalized spacial score (nSPS) is 12.3. The first-order valence-corrected chi connectivity index (χ1v) is 13.9. The van der Waals surface area contributed by atoms with Gasteiger partial charge in [-0.3, -0.25) is 14.3 Å². The zero-order chi connectivity index (χ0) is 27.4. The summed E-state index contributed by atoms with van der Waals surface area (Å²) in [7, 11) is -2.85. The van der Waals surface area contributed by atoms with Gasteiger partial charge in [-0.1, -0.05) is 43.7 Å². The Bertz CT molecular complexity index is 1610. The van der Waals surface area contributed by atoms with Crippen LogP contribution in [0, 0.1) is 6.92 Å². The number of nitrogens with zero attached hydrogens (tertiary/aromatic N) is 3. The molecule has 0 aliphatic carbocycles. The number of sulfone groups is 1. The fraction of sp³-hybridized carbons (Fsp3) is 0.276. The number of para-hydroxylation sites is 1. The maximum atomic E-state index is 13.9. The number of rotatable bonds is 9. The second-order valence-corrected chi connectivity index (χ2v) is 11.0. The Morgan fingerprint density at radius 2 is 1.79 bits per heavy atom. The fourth-order valence-electron chi connectivity index (χ4n) is 4.57. The van der Waals surface area contributed by atoms with Crippen molar-refractivity contribution in [3.63, 3.8) is 0 Å². The number of ether oxygens (including phenoxy) is 1. The molecule has 2 heterocycles. The van der Waals surface area contributed by atoms with Gasteiger partial charge in [-0.15, -0.1) is 0 Å². The Hall–Kier alpha value is -3.98. The van der Waals surface area contributed by atoms with E-state index in [1.54, 1.807) is 37.5 Å². The third kappa shape index (κ3) is 5.06. The summed E-state index contributed by atoms with van der Waals surface area (Å²) in [6.07, 6.45) is 5.35. The molecule has 0 saturated carbocycles. The highest BCUT2D eigenvalue weighted by Gasteiger charge is 2.31. The molecule has 198 valence electrons. The van der Waals surface area contributed by atoms with Gasteiger partial charge in [0.25, 0.3) is 5.56 Å². The monoisotopic (exact) mass is 533 g/mol. The first kappa shape index (κ1) is 27.1. The number of aromatic hydroxyl groups is 1. The molecule has 1 N–H and O–H groups in total. The van der Waals surface area contributed by atoms with E-state index in [9.17, 15) is 18.3 Å². The number of methoxy groups -OCH3 is 1. The van der Waals surface area contributed by atoms with Crippen LogP contribution in [0.1, 0.15) is 49.7 Å². The number of hydrogen-bond acceptors (Lipinski definition) is 7. The Balaban J connectivity index is 1.86.